The van der Waals surface area contributed by atoms with Crippen LogP contribution in [0, 0.1) is 34.5 Å². The van der Waals surface area contributed by atoms with E-state index in [0.29, 0.717) is 31.6 Å². The molecule has 4 aliphatic carbocycles. The molecule has 11 nitrogen and oxygen atoms in total. The van der Waals surface area contributed by atoms with Crippen molar-refractivity contribution in [2.45, 2.75) is 179 Å². The molecule has 0 aromatic rings. The summed E-state index contributed by atoms with van der Waals surface area (Å²) in [5.74, 6) is -0.290. The predicted molar refractivity (Wildman–Crippen MR) is 175 cm³/mol. The van der Waals surface area contributed by atoms with Crippen LogP contribution in [0.4, 0.5) is 0 Å². The van der Waals surface area contributed by atoms with Gasteiger partial charge in [0.15, 0.2) is 18.4 Å². The van der Waals surface area contributed by atoms with Gasteiger partial charge in [-0.2, -0.15) is 0 Å². The highest BCUT2D eigenvalue weighted by molar-refractivity contribution is 5.85. The number of hydrogen-bond acceptors (Lipinski definition) is 11. The van der Waals surface area contributed by atoms with Crippen LogP contribution in [-0.4, -0.2) is 101 Å². The number of carbonyl (C=O) groups is 1. The van der Waals surface area contributed by atoms with Crippen LogP contribution in [0.3, 0.4) is 0 Å². The second-order valence-electron chi connectivity index (χ2n) is 17.7. The number of rotatable bonds is 5. The highest BCUT2D eigenvalue weighted by atomic mass is 16.8. The lowest BCUT2D eigenvalue weighted by Gasteiger charge is -2.65. The van der Waals surface area contributed by atoms with E-state index in [9.17, 15) is 20.1 Å². The molecule has 4 heterocycles. The zero-order chi connectivity index (χ0) is 34.7. The van der Waals surface area contributed by atoms with E-state index < -0.39 is 47.7 Å². The molecule has 0 bridgehead atoms. The molecule has 7 fully saturated rings. The first-order valence-corrected chi connectivity index (χ1v) is 19.0. The Hall–Kier alpha value is -1.15. The van der Waals surface area contributed by atoms with Gasteiger partial charge in [-0.15, -0.1) is 0 Å². The maximum atomic E-state index is 12.5. The molecule has 17 atom stereocenters. The average molecular weight is 691 g/mol. The number of aliphatic hydroxyl groups excluding tert-OH is 2. The third kappa shape index (κ3) is 5.59. The molecule has 8 rings (SSSR count). The van der Waals surface area contributed by atoms with E-state index in [2.05, 4.69) is 13.8 Å². The summed E-state index contributed by atoms with van der Waals surface area (Å²) < 4.78 is 42.7. The summed E-state index contributed by atoms with van der Waals surface area (Å²) in [6.07, 6.45) is 5.34. The molecule has 0 aromatic carbocycles. The van der Waals surface area contributed by atoms with E-state index in [0.717, 1.165) is 44.1 Å². The second kappa shape index (κ2) is 12.2. The quantitative estimate of drug-likeness (QED) is 0.283. The lowest BCUT2D eigenvalue weighted by molar-refractivity contribution is -0.313. The predicted octanol–water partition coefficient (Wildman–Crippen LogP) is 4.14. The smallest absolute Gasteiger partial charge is 0.331 e. The van der Waals surface area contributed by atoms with Crippen molar-refractivity contribution in [2.75, 3.05) is 6.61 Å². The van der Waals surface area contributed by atoms with E-state index in [1.807, 2.05) is 27.7 Å². The summed E-state index contributed by atoms with van der Waals surface area (Å²) in [5.41, 5.74) is -0.767. The number of aliphatic hydroxyl groups is 3. The molecule has 4 unspecified atom stereocenters. The van der Waals surface area contributed by atoms with Crippen LogP contribution in [0.2, 0.25) is 0 Å². The molecule has 0 radical (unpaired) electrons. The fourth-order valence-electron chi connectivity index (χ4n) is 12.3. The van der Waals surface area contributed by atoms with Crippen LogP contribution in [0.15, 0.2) is 11.6 Å². The molecule has 11 heteroatoms. The number of fused-ring (bicyclic) bond motifs is 6. The van der Waals surface area contributed by atoms with Gasteiger partial charge in [0.1, 0.15) is 18.8 Å². The van der Waals surface area contributed by atoms with Gasteiger partial charge < -0.3 is 48.5 Å². The van der Waals surface area contributed by atoms with Gasteiger partial charge in [0, 0.05) is 24.3 Å². The second-order valence-corrected chi connectivity index (χ2v) is 17.7. The van der Waals surface area contributed by atoms with Crippen molar-refractivity contribution in [2.24, 2.45) is 34.5 Å². The van der Waals surface area contributed by atoms with Gasteiger partial charge in [-0.05, 0) is 114 Å². The summed E-state index contributed by atoms with van der Waals surface area (Å²) >= 11 is 0. The number of carbonyl (C=O) groups excluding carboxylic acids is 1. The fraction of sp³-hybridized carbons (Fsp3) is 0.921. The molecule has 4 aliphatic heterocycles. The molecular weight excluding hydrogens is 632 g/mol. The molecule has 0 aromatic heterocycles. The molecule has 4 saturated carbocycles. The fourth-order valence-corrected chi connectivity index (χ4v) is 12.3. The molecule has 0 spiro atoms. The van der Waals surface area contributed by atoms with E-state index in [1.54, 1.807) is 6.08 Å². The van der Waals surface area contributed by atoms with Gasteiger partial charge in [0.05, 0.1) is 42.2 Å². The van der Waals surface area contributed by atoms with E-state index >= 15 is 0 Å². The van der Waals surface area contributed by atoms with Gasteiger partial charge in [-0.1, -0.05) is 13.8 Å². The summed E-state index contributed by atoms with van der Waals surface area (Å²) in [6, 6.07) is 0. The third-order valence-electron chi connectivity index (χ3n) is 14.8. The topological polar surface area (TPSA) is 142 Å². The van der Waals surface area contributed by atoms with Crippen molar-refractivity contribution >= 4 is 5.97 Å². The molecule has 3 N–H and O–H groups in total. The van der Waals surface area contributed by atoms with Gasteiger partial charge in [-0.25, -0.2) is 4.79 Å². The van der Waals surface area contributed by atoms with Gasteiger partial charge in [0.2, 0.25) is 0 Å². The number of ether oxygens (including phenoxy) is 7. The minimum Gasteiger partial charge on any atom is -0.458 e. The van der Waals surface area contributed by atoms with Crippen molar-refractivity contribution in [1.82, 2.24) is 0 Å². The van der Waals surface area contributed by atoms with Crippen LogP contribution >= 0.6 is 0 Å². The monoisotopic (exact) mass is 690 g/mol. The van der Waals surface area contributed by atoms with Gasteiger partial charge in [-0.3, -0.25) is 0 Å². The Morgan fingerprint density at radius 1 is 0.837 bits per heavy atom. The molecule has 0 amide bonds. The first-order valence-electron chi connectivity index (χ1n) is 19.0. The standard InChI is InChI=1S/C38H58O11/c1-19-33(47-32-17-28-34(20(2)45-32)49-35(3,4)48-28)27(39)16-31(44-19)46-23-9-11-36(5)22(14-23)7-8-25-26(36)15-29(40)37(6)24(10-12-38(25,37)42)21-13-30(41)43-18-21/h13,19-20,22-29,31-34,39-40,42H,7-12,14-18H2,1-6H3/t19?,20?,22-,23+,24-,25-,26+,27-,28-,29-,31+,32+,33?,34?,36+,37+,38+/m1/s1. The Labute approximate surface area is 290 Å². The largest absolute Gasteiger partial charge is 0.458 e. The molecule has 8 aliphatic rings. The van der Waals surface area contributed by atoms with Crippen molar-refractivity contribution in [1.29, 1.82) is 0 Å². The lowest BCUT2D eigenvalue weighted by atomic mass is 9.42. The van der Waals surface area contributed by atoms with Crippen LogP contribution in [-0.2, 0) is 38.0 Å². The molecular formula is C38H58O11. The van der Waals surface area contributed by atoms with Crippen LogP contribution in [0.1, 0.15) is 106 Å². The minimum absolute atomic E-state index is 0.0107. The summed E-state index contributed by atoms with van der Waals surface area (Å²) in [7, 11) is 0. The Morgan fingerprint density at radius 3 is 2.33 bits per heavy atom. The Balaban J connectivity index is 0.880. The first kappa shape index (κ1) is 34.9. The summed E-state index contributed by atoms with van der Waals surface area (Å²) in [5, 5.41) is 35.6. The molecule has 3 saturated heterocycles. The van der Waals surface area contributed by atoms with Gasteiger partial charge in [0.25, 0.3) is 0 Å². The van der Waals surface area contributed by atoms with Gasteiger partial charge >= 0.3 is 5.97 Å². The normalized spacial score (nSPS) is 55.1. The molecule has 49 heavy (non-hydrogen) atoms. The highest BCUT2D eigenvalue weighted by Gasteiger charge is 2.71. The lowest BCUT2D eigenvalue weighted by Crippen LogP contribution is -2.67. The van der Waals surface area contributed by atoms with Crippen LogP contribution < -0.4 is 0 Å². The third-order valence-corrected chi connectivity index (χ3v) is 14.8. The maximum Gasteiger partial charge on any atom is 0.331 e. The van der Waals surface area contributed by atoms with Crippen molar-refractivity contribution in [3.8, 4) is 0 Å². The van der Waals surface area contributed by atoms with Crippen molar-refractivity contribution in [3.05, 3.63) is 11.6 Å². The number of cyclic esters (lactones) is 1. The van der Waals surface area contributed by atoms with Crippen molar-refractivity contribution in [3.63, 3.8) is 0 Å². The number of hydrogen-bond donors (Lipinski definition) is 3. The average Bonchev–Trinajstić information content (AvgIpc) is 3.68. The highest BCUT2D eigenvalue weighted by Crippen LogP contribution is 2.70. The van der Waals surface area contributed by atoms with E-state index in [1.165, 1.54) is 0 Å². The van der Waals surface area contributed by atoms with Crippen LogP contribution in [0.25, 0.3) is 0 Å². The van der Waals surface area contributed by atoms with Crippen molar-refractivity contribution < 1.29 is 53.3 Å². The SMILES string of the molecule is CC1O[C@@H](O[C@H]2CC[C@@]3(C)[C@H](CC[C@@H]4[C@@H]3C[C@@H](O)[C@]3(C)[C@@H](C5=CC(=O)OC5)CC[C@]43O)C2)C[C@@H](O)C1O[C@H]1C[C@H]2OC(C)(C)OC2C(C)O1. The Morgan fingerprint density at radius 2 is 1.59 bits per heavy atom. The minimum atomic E-state index is -0.981. The van der Waals surface area contributed by atoms with E-state index in [4.69, 9.17) is 33.2 Å². The maximum absolute atomic E-state index is 12.5. The summed E-state index contributed by atoms with van der Waals surface area (Å²) in [6.45, 7) is 12.4. The van der Waals surface area contributed by atoms with E-state index in [-0.39, 0.29) is 66.3 Å². The number of esters is 1. The zero-order valence-corrected chi connectivity index (χ0v) is 30.0. The first-order chi connectivity index (χ1) is 23.1. The van der Waals surface area contributed by atoms with Crippen LogP contribution in [0.5, 0.6) is 0 Å². The summed E-state index contributed by atoms with van der Waals surface area (Å²) in [4.78, 5) is 11.9. The zero-order valence-electron chi connectivity index (χ0n) is 30.0. The Kier molecular flexibility index (Phi) is 8.69. The molecule has 276 valence electrons. The Bertz CT molecular complexity index is 1310.